The molecular formula is C25H25FN2O3S. The number of halogens is 1. The van der Waals surface area contributed by atoms with E-state index in [2.05, 4.69) is 5.32 Å². The van der Waals surface area contributed by atoms with Crippen molar-refractivity contribution in [3.63, 3.8) is 0 Å². The number of benzene rings is 3. The number of nitrogens with one attached hydrogen (secondary N) is 1. The van der Waals surface area contributed by atoms with Crippen LogP contribution in [0.5, 0.6) is 11.5 Å². The van der Waals surface area contributed by atoms with Crippen LogP contribution in [-0.4, -0.2) is 32.4 Å². The molecule has 0 unspecified atom stereocenters. The molecule has 1 amide bonds. The molecule has 0 saturated carbocycles. The summed E-state index contributed by atoms with van der Waals surface area (Å²) < 4.78 is 25.2. The van der Waals surface area contributed by atoms with E-state index in [9.17, 15) is 9.18 Å². The molecule has 0 aliphatic carbocycles. The van der Waals surface area contributed by atoms with Gasteiger partial charge in [-0.25, -0.2) is 4.39 Å². The van der Waals surface area contributed by atoms with Crippen LogP contribution in [0.2, 0.25) is 0 Å². The number of amides is 1. The summed E-state index contributed by atoms with van der Waals surface area (Å²) >= 11 is 1.68. The van der Waals surface area contributed by atoms with Gasteiger partial charge in [0.05, 0.1) is 19.4 Å². The van der Waals surface area contributed by atoms with E-state index >= 15 is 0 Å². The lowest BCUT2D eigenvalue weighted by molar-refractivity contribution is 0.0950. The molecule has 32 heavy (non-hydrogen) atoms. The molecule has 166 valence electrons. The van der Waals surface area contributed by atoms with Crippen LogP contribution < -0.4 is 19.7 Å². The van der Waals surface area contributed by atoms with Crippen molar-refractivity contribution in [3.05, 3.63) is 77.6 Å². The van der Waals surface area contributed by atoms with E-state index in [0.29, 0.717) is 42.4 Å². The van der Waals surface area contributed by atoms with Crippen LogP contribution in [-0.2, 0) is 6.54 Å². The molecule has 0 atom stereocenters. The number of anilines is 2. The second kappa shape index (κ2) is 9.96. The number of carbonyl (C=O) groups is 1. The SMILES string of the molecule is COc1cc(F)cc(N2CCCOc3cc(C(=O)NCc4ccc(SC)cc4)ccc32)c1. The predicted octanol–water partition coefficient (Wildman–Crippen LogP) is 5.41. The molecule has 0 saturated heterocycles. The van der Waals surface area contributed by atoms with Crippen LogP contribution >= 0.6 is 11.8 Å². The van der Waals surface area contributed by atoms with Crippen molar-refractivity contribution in [1.29, 1.82) is 0 Å². The summed E-state index contributed by atoms with van der Waals surface area (Å²) in [6, 6.07) is 18.1. The highest BCUT2D eigenvalue weighted by atomic mass is 32.2. The van der Waals surface area contributed by atoms with Gasteiger partial charge in [-0.15, -0.1) is 11.8 Å². The first-order valence-corrected chi connectivity index (χ1v) is 11.6. The summed E-state index contributed by atoms with van der Waals surface area (Å²) in [5.41, 5.74) is 3.02. The van der Waals surface area contributed by atoms with Crippen molar-refractivity contribution in [2.75, 3.05) is 31.4 Å². The molecule has 4 rings (SSSR count). The second-order valence-corrected chi connectivity index (χ2v) is 8.30. The third-order valence-electron chi connectivity index (χ3n) is 5.31. The molecule has 5 nitrogen and oxygen atoms in total. The molecule has 1 aliphatic heterocycles. The first-order chi connectivity index (χ1) is 15.6. The van der Waals surface area contributed by atoms with Gasteiger partial charge in [-0.1, -0.05) is 12.1 Å². The zero-order valence-electron chi connectivity index (χ0n) is 18.1. The molecule has 1 aliphatic rings. The highest BCUT2D eigenvalue weighted by Gasteiger charge is 2.21. The maximum Gasteiger partial charge on any atom is 0.251 e. The molecule has 1 heterocycles. The Balaban J connectivity index is 1.54. The molecule has 3 aromatic rings. The minimum absolute atomic E-state index is 0.173. The Hall–Kier alpha value is -3.19. The summed E-state index contributed by atoms with van der Waals surface area (Å²) in [5, 5.41) is 2.96. The van der Waals surface area contributed by atoms with E-state index in [1.54, 1.807) is 30.0 Å². The number of hydrogen-bond acceptors (Lipinski definition) is 5. The topological polar surface area (TPSA) is 50.8 Å². The normalized spacial score (nSPS) is 13.0. The van der Waals surface area contributed by atoms with Gasteiger partial charge in [0.1, 0.15) is 17.3 Å². The standard InChI is InChI=1S/C25H25FN2O3S/c1-30-21-14-19(26)13-20(15-21)28-10-3-11-31-24-12-18(6-9-23(24)28)25(29)27-16-17-4-7-22(32-2)8-5-17/h4-9,12-15H,3,10-11,16H2,1-2H3,(H,27,29). The van der Waals surface area contributed by atoms with Gasteiger partial charge < -0.3 is 19.7 Å². The van der Waals surface area contributed by atoms with Gasteiger partial charge in [-0.2, -0.15) is 0 Å². The van der Waals surface area contributed by atoms with E-state index in [-0.39, 0.29) is 11.7 Å². The Morgan fingerprint density at radius 1 is 1.16 bits per heavy atom. The monoisotopic (exact) mass is 452 g/mol. The fourth-order valence-electron chi connectivity index (χ4n) is 3.64. The van der Waals surface area contributed by atoms with Crippen LogP contribution in [0.15, 0.2) is 65.6 Å². The Bertz CT molecular complexity index is 1100. The van der Waals surface area contributed by atoms with Crippen molar-refractivity contribution >= 4 is 29.0 Å². The molecular weight excluding hydrogens is 427 g/mol. The zero-order chi connectivity index (χ0) is 22.5. The number of carbonyl (C=O) groups excluding carboxylic acids is 1. The number of ether oxygens (including phenoxy) is 2. The molecule has 0 aromatic heterocycles. The van der Waals surface area contributed by atoms with E-state index < -0.39 is 0 Å². The fourth-order valence-corrected chi connectivity index (χ4v) is 4.05. The lowest BCUT2D eigenvalue weighted by Gasteiger charge is -2.24. The van der Waals surface area contributed by atoms with Crippen molar-refractivity contribution in [2.24, 2.45) is 0 Å². The number of fused-ring (bicyclic) bond motifs is 1. The second-order valence-electron chi connectivity index (χ2n) is 7.42. The van der Waals surface area contributed by atoms with E-state index in [1.807, 2.05) is 41.5 Å². The molecule has 0 bridgehead atoms. The molecule has 1 N–H and O–H groups in total. The Morgan fingerprint density at radius 2 is 1.97 bits per heavy atom. The van der Waals surface area contributed by atoms with Crippen LogP contribution in [0.1, 0.15) is 22.3 Å². The minimum atomic E-state index is -0.368. The van der Waals surface area contributed by atoms with E-state index in [0.717, 1.165) is 17.7 Å². The van der Waals surface area contributed by atoms with Gasteiger partial charge >= 0.3 is 0 Å². The van der Waals surface area contributed by atoms with Gasteiger partial charge in [0.15, 0.2) is 0 Å². The number of methoxy groups -OCH3 is 1. The minimum Gasteiger partial charge on any atom is -0.497 e. The summed E-state index contributed by atoms with van der Waals surface area (Å²) in [7, 11) is 1.51. The number of nitrogens with zero attached hydrogens (tertiary/aromatic N) is 1. The van der Waals surface area contributed by atoms with Gasteiger partial charge in [-0.3, -0.25) is 4.79 Å². The maximum atomic E-state index is 14.1. The average molecular weight is 453 g/mol. The first kappa shape index (κ1) is 22.0. The lowest BCUT2D eigenvalue weighted by atomic mass is 10.1. The Morgan fingerprint density at radius 3 is 2.72 bits per heavy atom. The van der Waals surface area contributed by atoms with Crippen LogP contribution in [0.25, 0.3) is 0 Å². The largest absolute Gasteiger partial charge is 0.497 e. The molecule has 7 heteroatoms. The lowest BCUT2D eigenvalue weighted by Crippen LogP contribution is -2.23. The summed E-state index contributed by atoms with van der Waals surface area (Å²) in [4.78, 5) is 15.9. The zero-order valence-corrected chi connectivity index (χ0v) is 18.9. The first-order valence-electron chi connectivity index (χ1n) is 10.4. The van der Waals surface area contributed by atoms with Crippen molar-refractivity contribution < 1.29 is 18.7 Å². The highest BCUT2D eigenvalue weighted by molar-refractivity contribution is 7.98. The molecule has 3 aromatic carbocycles. The molecule has 0 fully saturated rings. The summed E-state index contributed by atoms with van der Waals surface area (Å²) in [6.45, 7) is 1.63. The van der Waals surface area contributed by atoms with Crippen molar-refractivity contribution in [3.8, 4) is 11.5 Å². The van der Waals surface area contributed by atoms with Gasteiger partial charge in [0, 0.05) is 41.4 Å². The summed E-state index contributed by atoms with van der Waals surface area (Å²) in [6.07, 6.45) is 2.80. The summed E-state index contributed by atoms with van der Waals surface area (Å²) in [5.74, 6) is 0.511. The van der Waals surface area contributed by atoms with E-state index in [1.165, 1.54) is 24.1 Å². The number of rotatable bonds is 6. The van der Waals surface area contributed by atoms with Crippen molar-refractivity contribution in [1.82, 2.24) is 5.32 Å². The third-order valence-corrected chi connectivity index (χ3v) is 6.06. The number of hydrogen-bond donors (Lipinski definition) is 1. The Labute approximate surface area is 191 Å². The molecule has 0 spiro atoms. The van der Waals surface area contributed by atoms with Gasteiger partial charge in [0.2, 0.25) is 0 Å². The van der Waals surface area contributed by atoms with Crippen LogP contribution in [0.4, 0.5) is 15.8 Å². The van der Waals surface area contributed by atoms with Crippen LogP contribution in [0, 0.1) is 5.82 Å². The predicted molar refractivity (Wildman–Crippen MR) is 126 cm³/mol. The number of thioether (sulfide) groups is 1. The van der Waals surface area contributed by atoms with Crippen molar-refractivity contribution in [2.45, 2.75) is 17.9 Å². The smallest absolute Gasteiger partial charge is 0.251 e. The Kier molecular flexibility index (Phi) is 6.85. The van der Waals surface area contributed by atoms with E-state index in [4.69, 9.17) is 9.47 Å². The third kappa shape index (κ3) is 4.99. The van der Waals surface area contributed by atoms with Gasteiger partial charge in [-0.05, 0) is 54.6 Å². The highest BCUT2D eigenvalue weighted by Crippen LogP contribution is 2.38. The fraction of sp³-hybridized carbons (Fsp3) is 0.240. The van der Waals surface area contributed by atoms with Crippen LogP contribution in [0.3, 0.4) is 0 Å². The maximum absolute atomic E-state index is 14.1. The quantitative estimate of drug-likeness (QED) is 0.507. The van der Waals surface area contributed by atoms with Gasteiger partial charge in [0.25, 0.3) is 5.91 Å². The molecule has 0 radical (unpaired) electrons. The average Bonchev–Trinajstić information content (AvgIpc) is 3.04.